The molecule has 0 aliphatic heterocycles. The highest BCUT2D eigenvalue weighted by Gasteiger charge is 2.09. The molecular weight excluding hydrogens is 222 g/mol. The van der Waals surface area contributed by atoms with E-state index in [0.717, 1.165) is 10.1 Å². The van der Waals surface area contributed by atoms with E-state index in [9.17, 15) is 9.59 Å². The van der Waals surface area contributed by atoms with Gasteiger partial charge in [0.25, 0.3) is 5.88 Å². The number of benzene rings is 1. The van der Waals surface area contributed by atoms with Crippen LogP contribution in [0.4, 0.5) is 0 Å². The van der Waals surface area contributed by atoms with Crippen LogP contribution in [0.5, 0.6) is 5.88 Å². The lowest BCUT2D eigenvalue weighted by Gasteiger charge is -2.05. The molecule has 1 N–H and O–H groups in total. The van der Waals surface area contributed by atoms with E-state index in [2.05, 4.69) is 10.2 Å². The Morgan fingerprint density at radius 2 is 2.00 bits per heavy atom. The van der Waals surface area contributed by atoms with Gasteiger partial charge in [0, 0.05) is 0 Å². The molecule has 0 spiro atoms. The van der Waals surface area contributed by atoms with E-state index in [0.29, 0.717) is 0 Å². The summed E-state index contributed by atoms with van der Waals surface area (Å²) < 4.78 is 5.81. The fourth-order valence-electron chi connectivity index (χ4n) is 1.46. The third kappa shape index (κ3) is 2.25. The van der Waals surface area contributed by atoms with Gasteiger partial charge in [-0.25, -0.2) is 9.89 Å². The van der Waals surface area contributed by atoms with Crippen molar-refractivity contribution in [1.29, 1.82) is 0 Å². The van der Waals surface area contributed by atoms with Gasteiger partial charge in [-0.15, -0.1) is 5.10 Å². The molecule has 1 aromatic heterocycles. The molecule has 0 saturated heterocycles. The van der Waals surface area contributed by atoms with E-state index in [4.69, 9.17) is 4.74 Å². The molecule has 0 atom stereocenters. The van der Waals surface area contributed by atoms with Crippen molar-refractivity contribution in [3.8, 4) is 5.88 Å². The maximum Gasteiger partial charge on any atom is 0.345 e. The van der Waals surface area contributed by atoms with Crippen LogP contribution >= 0.6 is 0 Å². The Hall–Kier alpha value is -2.37. The van der Waals surface area contributed by atoms with E-state index >= 15 is 0 Å². The van der Waals surface area contributed by atoms with E-state index in [-0.39, 0.29) is 12.4 Å². The van der Waals surface area contributed by atoms with E-state index in [1.807, 2.05) is 30.3 Å². The van der Waals surface area contributed by atoms with Crippen LogP contribution in [0.2, 0.25) is 0 Å². The first kappa shape index (κ1) is 11.1. The monoisotopic (exact) mass is 233 g/mol. The van der Waals surface area contributed by atoms with Crippen LogP contribution in [-0.4, -0.2) is 21.9 Å². The predicted molar refractivity (Wildman–Crippen MR) is 61.2 cm³/mol. The first-order valence-electron chi connectivity index (χ1n) is 5.00. The standard InChI is InChI=1S/C11H11N3O3/c1-17-9-10(15)14(11(16)13-12-9)7-8-5-3-2-4-6-8/h2-6H,7H2,1H3,(H,13,16). The number of hydrogen-bond donors (Lipinski definition) is 1. The molecule has 6 heteroatoms. The van der Waals surface area contributed by atoms with Crippen LogP contribution in [0.3, 0.4) is 0 Å². The lowest BCUT2D eigenvalue weighted by molar-refractivity contribution is 0.375. The van der Waals surface area contributed by atoms with Crippen LogP contribution in [0.1, 0.15) is 5.56 Å². The zero-order valence-electron chi connectivity index (χ0n) is 9.21. The van der Waals surface area contributed by atoms with Crippen LogP contribution in [0.25, 0.3) is 0 Å². The number of nitrogens with zero attached hydrogens (tertiary/aromatic N) is 2. The van der Waals surface area contributed by atoms with Gasteiger partial charge in [0.1, 0.15) is 0 Å². The zero-order valence-corrected chi connectivity index (χ0v) is 9.21. The Balaban J connectivity index is 2.46. The van der Waals surface area contributed by atoms with Crippen LogP contribution in [0.15, 0.2) is 39.9 Å². The molecule has 0 fully saturated rings. The Bertz CT molecular complexity index is 616. The molecule has 0 bridgehead atoms. The zero-order chi connectivity index (χ0) is 12.3. The van der Waals surface area contributed by atoms with E-state index in [1.54, 1.807) is 0 Å². The first-order chi connectivity index (χ1) is 8.22. The van der Waals surface area contributed by atoms with Gasteiger partial charge in [-0.1, -0.05) is 30.3 Å². The topological polar surface area (TPSA) is 77.0 Å². The average Bonchev–Trinajstić information content (AvgIpc) is 2.36. The van der Waals surface area contributed by atoms with Crippen molar-refractivity contribution in [2.45, 2.75) is 6.54 Å². The molecule has 6 nitrogen and oxygen atoms in total. The number of nitrogens with one attached hydrogen (secondary N) is 1. The Morgan fingerprint density at radius 1 is 1.29 bits per heavy atom. The van der Waals surface area contributed by atoms with E-state index in [1.165, 1.54) is 7.11 Å². The van der Waals surface area contributed by atoms with Gasteiger partial charge in [-0.3, -0.25) is 9.36 Å². The average molecular weight is 233 g/mol. The largest absolute Gasteiger partial charge is 0.476 e. The number of ether oxygens (including phenoxy) is 1. The molecule has 1 aromatic carbocycles. The highest BCUT2D eigenvalue weighted by atomic mass is 16.5. The Kier molecular flexibility index (Phi) is 3.04. The molecular formula is C11H11N3O3. The number of methoxy groups -OCH3 is 1. The van der Waals surface area contributed by atoms with Gasteiger partial charge >= 0.3 is 11.2 Å². The molecule has 1 heterocycles. The normalized spacial score (nSPS) is 10.2. The summed E-state index contributed by atoms with van der Waals surface area (Å²) >= 11 is 0. The summed E-state index contributed by atoms with van der Waals surface area (Å²) in [6.45, 7) is 0.188. The van der Waals surface area contributed by atoms with Gasteiger partial charge in [0.15, 0.2) is 0 Å². The maximum atomic E-state index is 11.8. The van der Waals surface area contributed by atoms with Crippen molar-refractivity contribution < 1.29 is 4.74 Å². The van der Waals surface area contributed by atoms with E-state index < -0.39 is 11.2 Å². The minimum absolute atomic E-state index is 0.125. The van der Waals surface area contributed by atoms with Crippen molar-refractivity contribution in [2.24, 2.45) is 0 Å². The SMILES string of the molecule is COc1n[nH]c(=O)n(Cc2ccccc2)c1=O. The number of aromatic nitrogens is 3. The lowest BCUT2D eigenvalue weighted by atomic mass is 10.2. The smallest absolute Gasteiger partial charge is 0.345 e. The van der Waals surface area contributed by atoms with Gasteiger partial charge in [-0.05, 0) is 5.56 Å². The van der Waals surface area contributed by atoms with Gasteiger partial charge < -0.3 is 4.74 Å². The van der Waals surface area contributed by atoms with Crippen molar-refractivity contribution in [2.75, 3.05) is 7.11 Å². The molecule has 0 unspecified atom stereocenters. The quantitative estimate of drug-likeness (QED) is 0.808. The molecule has 0 saturated carbocycles. The number of aromatic amines is 1. The summed E-state index contributed by atoms with van der Waals surface area (Å²) in [6, 6.07) is 9.21. The minimum Gasteiger partial charge on any atom is -0.476 e. The molecule has 0 aliphatic rings. The second-order valence-electron chi connectivity index (χ2n) is 3.41. The lowest BCUT2D eigenvalue weighted by Crippen LogP contribution is -2.36. The number of H-pyrrole nitrogens is 1. The third-order valence-electron chi connectivity index (χ3n) is 2.30. The minimum atomic E-state index is -0.556. The Morgan fingerprint density at radius 3 is 2.65 bits per heavy atom. The summed E-state index contributed by atoms with van der Waals surface area (Å²) in [5.74, 6) is -0.125. The third-order valence-corrected chi connectivity index (χ3v) is 2.30. The van der Waals surface area contributed by atoms with Gasteiger partial charge in [0.2, 0.25) is 0 Å². The number of hydrogen-bond acceptors (Lipinski definition) is 4. The predicted octanol–water partition coefficient (Wildman–Crippen LogP) is -0.0115. The highest BCUT2D eigenvalue weighted by molar-refractivity contribution is 5.15. The fourth-order valence-corrected chi connectivity index (χ4v) is 1.46. The van der Waals surface area contributed by atoms with Gasteiger partial charge in [0.05, 0.1) is 13.7 Å². The molecule has 2 rings (SSSR count). The summed E-state index contributed by atoms with van der Waals surface area (Å²) in [5, 5.41) is 5.72. The maximum absolute atomic E-state index is 11.8. The summed E-state index contributed by atoms with van der Waals surface area (Å²) in [6.07, 6.45) is 0. The van der Waals surface area contributed by atoms with Crippen molar-refractivity contribution >= 4 is 0 Å². The number of rotatable bonds is 3. The summed E-state index contributed by atoms with van der Waals surface area (Å²) in [7, 11) is 1.33. The van der Waals surface area contributed by atoms with Crippen LogP contribution in [-0.2, 0) is 6.54 Å². The highest BCUT2D eigenvalue weighted by Crippen LogP contribution is 1.99. The first-order valence-corrected chi connectivity index (χ1v) is 5.00. The second-order valence-corrected chi connectivity index (χ2v) is 3.41. The van der Waals surface area contributed by atoms with Crippen molar-refractivity contribution in [3.63, 3.8) is 0 Å². The molecule has 0 aliphatic carbocycles. The fraction of sp³-hybridized carbons (Fsp3) is 0.182. The van der Waals surface area contributed by atoms with Crippen LogP contribution < -0.4 is 16.0 Å². The molecule has 17 heavy (non-hydrogen) atoms. The Labute approximate surface area is 96.5 Å². The molecule has 0 amide bonds. The van der Waals surface area contributed by atoms with Crippen molar-refractivity contribution in [3.05, 3.63) is 56.7 Å². The molecule has 2 aromatic rings. The molecule has 88 valence electrons. The molecule has 0 radical (unpaired) electrons. The van der Waals surface area contributed by atoms with Crippen molar-refractivity contribution in [1.82, 2.24) is 14.8 Å². The summed E-state index contributed by atoms with van der Waals surface area (Å²) in [4.78, 5) is 23.3. The summed E-state index contributed by atoms with van der Waals surface area (Å²) in [5.41, 5.74) is -0.242. The second kappa shape index (κ2) is 4.65. The van der Waals surface area contributed by atoms with Crippen LogP contribution in [0, 0.1) is 0 Å². The van der Waals surface area contributed by atoms with Gasteiger partial charge in [-0.2, -0.15) is 0 Å².